The molecule has 9 nitrogen and oxygen atoms in total. The predicted octanol–water partition coefficient (Wildman–Crippen LogP) is 4.30. The van der Waals surface area contributed by atoms with Crippen molar-refractivity contribution in [3.8, 4) is 17.7 Å². The number of hydrogen-bond donors (Lipinski definition) is 2. The molecule has 168 valence electrons. The van der Waals surface area contributed by atoms with E-state index in [2.05, 4.69) is 26.3 Å². The molecule has 2 heterocycles. The lowest BCUT2D eigenvalue weighted by molar-refractivity contribution is 0.142. The van der Waals surface area contributed by atoms with Gasteiger partial charge < -0.3 is 25.0 Å². The monoisotopic (exact) mass is 444 g/mol. The summed E-state index contributed by atoms with van der Waals surface area (Å²) in [5, 5.41) is 21.4. The van der Waals surface area contributed by atoms with Crippen LogP contribution in [0, 0.1) is 25.2 Å². The van der Waals surface area contributed by atoms with Gasteiger partial charge in [-0.05, 0) is 61.4 Å². The van der Waals surface area contributed by atoms with Crippen molar-refractivity contribution in [1.29, 1.82) is 5.26 Å². The number of hydrogen-bond acceptors (Lipinski definition) is 7. The Hall–Kier alpha value is -4.32. The maximum Gasteiger partial charge on any atom is 0.407 e. The molecule has 0 spiro atoms. The Bertz CT molecular complexity index is 1170. The Kier molecular flexibility index (Phi) is 6.26. The molecular weight excluding hydrogens is 420 g/mol. The fraction of sp³-hybridized carbons (Fsp3) is 0.250. The van der Waals surface area contributed by atoms with E-state index in [0.717, 1.165) is 22.5 Å². The second kappa shape index (κ2) is 9.44. The molecule has 0 radical (unpaired) electrons. The Labute approximate surface area is 191 Å². The standard InChI is InChI=1S/C24H24N6O3/c1-16-13-18(15-25)14-17(2)22(16)33-21-7-8-26-23(28-21)27-19-3-5-20(6-4-19)29-9-11-30(12-10-29)24(31)32/h3-8,13-14H,9-12H2,1-2H3,(H,31,32)(H,26,27,28). The topological polar surface area (TPSA) is 115 Å². The summed E-state index contributed by atoms with van der Waals surface area (Å²) in [5.41, 5.74) is 4.18. The SMILES string of the molecule is Cc1cc(C#N)cc(C)c1Oc1ccnc(Nc2ccc(N3CCN(C(=O)O)CC3)cc2)n1. The number of nitrogens with one attached hydrogen (secondary N) is 1. The van der Waals surface area contributed by atoms with Crippen molar-refractivity contribution in [2.24, 2.45) is 0 Å². The van der Waals surface area contributed by atoms with Gasteiger partial charge in [-0.1, -0.05) is 0 Å². The Balaban J connectivity index is 1.42. The van der Waals surface area contributed by atoms with Crippen LogP contribution >= 0.6 is 0 Å². The number of anilines is 3. The van der Waals surface area contributed by atoms with Crippen molar-refractivity contribution in [2.75, 3.05) is 36.4 Å². The summed E-state index contributed by atoms with van der Waals surface area (Å²) in [7, 11) is 0. The van der Waals surface area contributed by atoms with Crippen molar-refractivity contribution < 1.29 is 14.6 Å². The average Bonchev–Trinajstić information content (AvgIpc) is 2.82. The van der Waals surface area contributed by atoms with E-state index in [-0.39, 0.29) is 0 Å². The lowest BCUT2D eigenvalue weighted by atomic mass is 10.1. The highest BCUT2D eigenvalue weighted by Crippen LogP contribution is 2.29. The highest BCUT2D eigenvalue weighted by Gasteiger charge is 2.20. The van der Waals surface area contributed by atoms with Gasteiger partial charge in [0.2, 0.25) is 11.8 Å². The number of ether oxygens (including phenoxy) is 1. The summed E-state index contributed by atoms with van der Waals surface area (Å²) < 4.78 is 5.99. The highest BCUT2D eigenvalue weighted by atomic mass is 16.5. The maximum atomic E-state index is 11.1. The summed E-state index contributed by atoms with van der Waals surface area (Å²) in [4.78, 5) is 23.4. The number of rotatable bonds is 5. The van der Waals surface area contributed by atoms with Crippen LogP contribution in [-0.2, 0) is 0 Å². The smallest absolute Gasteiger partial charge is 0.407 e. The minimum atomic E-state index is -0.870. The van der Waals surface area contributed by atoms with Gasteiger partial charge in [0.25, 0.3) is 0 Å². The largest absolute Gasteiger partial charge is 0.465 e. The van der Waals surface area contributed by atoms with E-state index in [0.29, 0.717) is 49.3 Å². The van der Waals surface area contributed by atoms with Crippen molar-refractivity contribution in [2.45, 2.75) is 13.8 Å². The molecule has 0 aliphatic carbocycles. The van der Waals surface area contributed by atoms with Crippen LogP contribution in [0.2, 0.25) is 0 Å². The highest BCUT2D eigenvalue weighted by molar-refractivity contribution is 5.66. The first-order valence-electron chi connectivity index (χ1n) is 10.5. The molecule has 1 aliphatic heterocycles. The number of amides is 1. The zero-order chi connectivity index (χ0) is 23.4. The summed E-state index contributed by atoms with van der Waals surface area (Å²) in [6.07, 6.45) is 0.750. The lowest BCUT2D eigenvalue weighted by Crippen LogP contribution is -2.48. The first kappa shape index (κ1) is 21.9. The number of carbonyl (C=O) groups is 1. The Morgan fingerprint density at radius 2 is 1.76 bits per heavy atom. The van der Waals surface area contributed by atoms with Crippen molar-refractivity contribution in [3.05, 3.63) is 65.4 Å². The first-order valence-corrected chi connectivity index (χ1v) is 10.5. The van der Waals surface area contributed by atoms with Gasteiger partial charge >= 0.3 is 6.09 Å². The quantitative estimate of drug-likeness (QED) is 0.599. The molecule has 4 rings (SSSR count). The molecule has 1 fully saturated rings. The fourth-order valence-electron chi connectivity index (χ4n) is 3.78. The molecular formula is C24H24N6O3. The molecule has 1 aliphatic rings. The van der Waals surface area contributed by atoms with Crippen LogP contribution in [0.4, 0.5) is 22.1 Å². The Morgan fingerprint density at radius 3 is 2.36 bits per heavy atom. The van der Waals surface area contributed by atoms with E-state index in [9.17, 15) is 4.79 Å². The number of nitriles is 1. The zero-order valence-corrected chi connectivity index (χ0v) is 18.4. The number of aryl methyl sites for hydroxylation is 2. The number of nitrogens with zero attached hydrogens (tertiary/aromatic N) is 5. The van der Waals surface area contributed by atoms with E-state index >= 15 is 0 Å². The molecule has 1 amide bonds. The summed E-state index contributed by atoms with van der Waals surface area (Å²) in [6.45, 7) is 6.10. The van der Waals surface area contributed by atoms with Crippen LogP contribution in [0.1, 0.15) is 16.7 Å². The minimum absolute atomic E-state index is 0.399. The van der Waals surface area contributed by atoms with Gasteiger partial charge in [0.15, 0.2) is 0 Å². The van der Waals surface area contributed by atoms with Gasteiger partial charge in [0.1, 0.15) is 5.75 Å². The van der Waals surface area contributed by atoms with Gasteiger partial charge in [-0.25, -0.2) is 9.78 Å². The number of carboxylic acid groups (broad SMARTS) is 1. The molecule has 0 saturated carbocycles. The van der Waals surface area contributed by atoms with E-state index in [4.69, 9.17) is 15.1 Å². The third kappa shape index (κ3) is 5.13. The molecule has 3 aromatic rings. The van der Waals surface area contributed by atoms with Crippen LogP contribution in [0.15, 0.2) is 48.7 Å². The third-order valence-corrected chi connectivity index (χ3v) is 5.46. The molecule has 0 atom stereocenters. The van der Waals surface area contributed by atoms with Gasteiger partial charge in [-0.3, -0.25) is 0 Å². The van der Waals surface area contributed by atoms with Crippen LogP contribution in [-0.4, -0.2) is 52.2 Å². The number of benzene rings is 2. The molecule has 2 aromatic carbocycles. The summed E-state index contributed by atoms with van der Waals surface area (Å²) >= 11 is 0. The number of aromatic nitrogens is 2. The van der Waals surface area contributed by atoms with Crippen molar-refractivity contribution in [3.63, 3.8) is 0 Å². The second-order valence-corrected chi connectivity index (χ2v) is 7.80. The minimum Gasteiger partial charge on any atom is -0.465 e. The lowest BCUT2D eigenvalue weighted by Gasteiger charge is -2.34. The molecule has 0 unspecified atom stereocenters. The first-order chi connectivity index (χ1) is 15.9. The van der Waals surface area contributed by atoms with E-state index in [1.54, 1.807) is 24.4 Å². The molecule has 0 bridgehead atoms. The molecule has 2 N–H and O–H groups in total. The average molecular weight is 444 g/mol. The summed E-state index contributed by atoms with van der Waals surface area (Å²) in [5.74, 6) is 1.47. The van der Waals surface area contributed by atoms with E-state index < -0.39 is 6.09 Å². The molecule has 9 heteroatoms. The van der Waals surface area contributed by atoms with Gasteiger partial charge in [0.05, 0.1) is 11.6 Å². The van der Waals surface area contributed by atoms with Gasteiger partial charge in [-0.2, -0.15) is 10.2 Å². The molecule has 33 heavy (non-hydrogen) atoms. The second-order valence-electron chi connectivity index (χ2n) is 7.80. The zero-order valence-electron chi connectivity index (χ0n) is 18.4. The van der Waals surface area contributed by atoms with Crippen LogP contribution in [0.25, 0.3) is 0 Å². The van der Waals surface area contributed by atoms with E-state index in [1.807, 2.05) is 38.1 Å². The van der Waals surface area contributed by atoms with Crippen LogP contribution in [0.5, 0.6) is 11.6 Å². The predicted molar refractivity (Wildman–Crippen MR) is 124 cm³/mol. The molecule has 1 saturated heterocycles. The maximum absolute atomic E-state index is 11.1. The van der Waals surface area contributed by atoms with Gasteiger partial charge in [0, 0.05) is 49.8 Å². The third-order valence-electron chi connectivity index (χ3n) is 5.46. The van der Waals surface area contributed by atoms with Crippen molar-refractivity contribution >= 4 is 23.4 Å². The van der Waals surface area contributed by atoms with Crippen molar-refractivity contribution in [1.82, 2.24) is 14.9 Å². The van der Waals surface area contributed by atoms with Gasteiger partial charge in [-0.15, -0.1) is 0 Å². The Morgan fingerprint density at radius 1 is 1.09 bits per heavy atom. The fourth-order valence-corrected chi connectivity index (χ4v) is 3.78. The summed E-state index contributed by atoms with van der Waals surface area (Å²) in [6, 6.07) is 15.2. The van der Waals surface area contributed by atoms with Crippen LogP contribution in [0.3, 0.4) is 0 Å². The van der Waals surface area contributed by atoms with E-state index in [1.165, 1.54) is 4.90 Å². The van der Waals surface area contributed by atoms with Crippen LogP contribution < -0.4 is 15.0 Å². The normalized spacial score (nSPS) is 13.4. The molecule has 1 aromatic heterocycles. The number of piperazine rings is 1.